The van der Waals surface area contributed by atoms with E-state index in [9.17, 15) is 18.0 Å². The molecular weight excluding hydrogens is 333 g/mol. The Morgan fingerprint density at radius 2 is 1.64 bits per heavy atom. The lowest BCUT2D eigenvalue weighted by Gasteiger charge is -2.12. The quantitative estimate of drug-likeness (QED) is 0.523. The van der Waals surface area contributed by atoms with Gasteiger partial charge in [-0.15, -0.1) is 0 Å². The average molecular weight is 346 g/mol. The van der Waals surface area contributed by atoms with Gasteiger partial charge in [-0.25, -0.2) is 0 Å². The molecular formula is C18H13F3N2O2. The minimum Gasteiger partial charge on any atom is -0.497 e. The van der Waals surface area contributed by atoms with E-state index in [0.29, 0.717) is 27.8 Å². The van der Waals surface area contributed by atoms with Gasteiger partial charge < -0.3 is 13.7 Å². The highest BCUT2D eigenvalue weighted by atomic mass is 19.4. The molecule has 2 aromatic carbocycles. The zero-order valence-corrected chi connectivity index (χ0v) is 13.4. The Labute approximate surface area is 139 Å². The van der Waals surface area contributed by atoms with Gasteiger partial charge in [-0.2, -0.15) is 13.2 Å². The Morgan fingerprint density at radius 1 is 0.920 bits per heavy atom. The normalized spacial score (nSPS) is 12.4. The fourth-order valence-corrected chi connectivity index (χ4v) is 3.18. The number of aromatic nitrogens is 2. The van der Waals surface area contributed by atoms with Gasteiger partial charge in [0.1, 0.15) is 11.3 Å². The van der Waals surface area contributed by atoms with Crippen LogP contribution < -0.4 is 10.3 Å². The fourth-order valence-electron chi connectivity index (χ4n) is 3.18. The van der Waals surface area contributed by atoms with Gasteiger partial charge in [-0.1, -0.05) is 0 Å². The molecule has 0 atom stereocenters. The molecule has 0 radical (unpaired) electrons. The van der Waals surface area contributed by atoms with E-state index in [0.717, 1.165) is 17.5 Å². The van der Waals surface area contributed by atoms with Crippen LogP contribution in [0.25, 0.3) is 27.5 Å². The summed E-state index contributed by atoms with van der Waals surface area (Å²) in [4.78, 5) is 12.6. The van der Waals surface area contributed by atoms with E-state index in [4.69, 9.17) is 4.74 Å². The maximum absolute atomic E-state index is 13.1. The first-order valence-corrected chi connectivity index (χ1v) is 7.50. The van der Waals surface area contributed by atoms with Crippen molar-refractivity contribution in [2.45, 2.75) is 6.18 Å². The molecule has 2 heterocycles. The van der Waals surface area contributed by atoms with Crippen LogP contribution in [0.15, 0.2) is 47.3 Å². The van der Waals surface area contributed by atoms with Gasteiger partial charge in [0.05, 0.1) is 29.2 Å². The van der Waals surface area contributed by atoms with Crippen molar-refractivity contribution in [2.75, 3.05) is 7.11 Å². The van der Waals surface area contributed by atoms with Crippen molar-refractivity contribution >= 4 is 27.5 Å². The van der Waals surface area contributed by atoms with E-state index in [1.807, 2.05) is 0 Å². The highest BCUT2D eigenvalue weighted by Crippen LogP contribution is 2.33. The Kier molecular flexibility index (Phi) is 3.12. The monoisotopic (exact) mass is 346 g/mol. The van der Waals surface area contributed by atoms with Crippen molar-refractivity contribution in [3.8, 4) is 5.75 Å². The van der Waals surface area contributed by atoms with Crippen molar-refractivity contribution in [1.29, 1.82) is 0 Å². The van der Waals surface area contributed by atoms with Crippen molar-refractivity contribution in [3.05, 3.63) is 58.4 Å². The molecule has 0 aliphatic heterocycles. The van der Waals surface area contributed by atoms with E-state index in [1.54, 1.807) is 35.7 Å². The zero-order chi connectivity index (χ0) is 17.9. The fraction of sp³-hybridized carbons (Fsp3) is 0.167. The number of hydrogen-bond acceptors (Lipinski definition) is 2. The van der Waals surface area contributed by atoms with Crippen molar-refractivity contribution < 1.29 is 17.9 Å². The molecule has 7 heteroatoms. The van der Waals surface area contributed by atoms with Gasteiger partial charge >= 0.3 is 6.18 Å². The van der Waals surface area contributed by atoms with Crippen molar-refractivity contribution in [3.63, 3.8) is 0 Å². The molecule has 0 saturated carbocycles. The van der Waals surface area contributed by atoms with Gasteiger partial charge in [0, 0.05) is 12.4 Å². The van der Waals surface area contributed by atoms with Gasteiger partial charge in [0.25, 0.3) is 5.56 Å². The lowest BCUT2D eigenvalue weighted by atomic mass is 10.1. The third-order valence-electron chi connectivity index (χ3n) is 4.44. The minimum atomic E-state index is -4.46. The second-order valence-corrected chi connectivity index (χ2v) is 5.86. The predicted octanol–water partition coefficient (Wildman–Crippen LogP) is 3.97. The summed E-state index contributed by atoms with van der Waals surface area (Å²) in [5.74, 6) is 0.612. The van der Waals surface area contributed by atoms with Crippen LogP contribution in [-0.4, -0.2) is 16.1 Å². The highest BCUT2D eigenvalue weighted by molar-refractivity contribution is 5.94. The second kappa shape index (κ2) is 5.02. The smallest absolute Gasteiger partial charge is 0.416 e. The number of methoxy groups -OCH3 is 1. The summed E-state index contributed by atoms with van der Waals surface area (Å²) in [5.41, 5.74) is 0.694. The molecule has 0 unspecified atom stereocenters. The summed E-state index contributed by atoms with van der Waals surface area (Å²) < 4.78 is 47.5. The molecule has 4 nitrogen and oxygen atoms in total. The number of ether oxygens (including phenoxy) is 1. The standard InChI is InChI=1S/C18H13F3N2O2/c1-22-14-5-3-11(18(19,20)21)9-15(14)23-13-6-4-12(25-2)7-10(13)8-16(23)17(22)24/h3-9H,1-2H3. The average Bonchev–Trinajstić information content (AvgIpc) is 2.97. The van der Waals surface area contributed by atoms with Crippen LogP contribution in [0.4, 0.5) is 13.2 Å². The third kappa shape index (κ3) is 2.19. The molecule has 0 N–H and O–H groups in total. The van der Waals surface area contributed by atoms with Crippen LogP contribution in [0.2, 0.25) is 0 Å². The summed E-state index contributed by atoms with van der Waals surface area (Å²) in [5, 5.41) is 0.723. The van der Waals surface area contributed by atoms with Crippen LogP contribution in [0.5, 0.6) is 5.75 Å². The van der Waals surface area contributed by atoms with Gasteiger partial charge in [0.2, 0.25) is 0 Å². The number of benzene rings is 2. The molecule has 0 aliphatic rings. The Balaban J connectivity index is 2.24. The summed E-state index contributed by atoms with van der Waals surface area (Å²) in [6.45, 7) is 0. The molecule has 0 saturated heterocycles. The molecule has 4 rings (SSSR count). The van der Waals surface area contributed by atoms with Gasteiger partial charge in [0.15, 0.2) is 0 Å². The highest BCUT2D eigenvalue weighted by Gasteiger charge is 2.31. The number of hydrogen-bond donors (Lipinski definition) is 0. The summed E-state index contributed by atoms with van der Waals surface area (Å²) in [6.07, 6.45) is -4.46. The number of halogens is 3. The zero-order valence-electron chi connectivity index (χ0n) is 13.4. The Hall–Kier alpha value is -2.96. The molecule has 128 valence electrons. The number of rotatable bonds is 1. The summed E-state index contributed by atoms with van der Waals surface area (Å²) in [6, 6.07) is 10.3. The second-order valence-electron chi connectivity index (χ2n) is 5.86. The van der Waals surface area contributed by atoms with Crippen LogP contribution in [0.1, 0.15) is 5.56 Å². The van der Waals surface area contributed by atoms with Crippen molar-refractivity contribution in [1.82, 2.24) is 8.97 Å². The maximum Gasteiger partial charge on any atom is 0.416 e. The van der Waals surface area contributed by atoms with E-state index < -0.39 is 11.7 Å². The third-order valence-corrected chi connectivity index (χ3v) is 4.44. The predicted molar refractivity (Wildman–Crippen MR) is 89.2 cm³/mol. The molecule has 0 aliphatic carbocycles. The van der Waals surface area contributed by atoms with E-state index in [2.05, 4.69) is 0 Å². The Morgan fingerprint density at radius 3 is 2.32 bits per heavy atom. The Bertz CT molecular complexity index is 1200. The largest absolute Gasteiger partial charge is 0.497 e. The number of aryl methyl sites for hydroxylation is 1. The lowest BCUT2D eigenvalue weighted by molar-refractivity contribution is -0.137. The van der Waals surface area contributed by atoms with Crippen LogP contribution in [0, 0.1) is 0 Å². The molecule has 4 aromatic rings. The first kappa shape index (κ1) is 15.6. The molecule has 0 bridgehead atoms. The maximum atomic E-state index is 13.1. The summed E-state index contributed by atoms with van der Waals surface area (Å²) >= 11 is 0. The number of alkyl halides is 3. The van der Waals surface area contributed by atoms with Crippen molar-refractivity contribution in [2.24, 2.45) is 7.05 Å². The summed E-state index contributed by atoms with van der Waals surface area (Å²) in [7, 11) is 3.08. The minimum absolute atomic E-state index is 0.276. The van der Waals surface area contributed by atoms with E-state index in [1.165, 1.54) is 17.7 Å². The number of fused-ring (bicyclic) bond motifs is 5. The first-order valence-electron chi connectivity index (χ1n) is 7.50. The molecule has 2 aromatic heterocycles. The lowest BCUT2D eigenvalue weighted by Crippen LogP contribution is -2.20. The molecule has 25 heavy (non-hydrogen) atoms. The van der Waals surface area contributed by atoms with E-state index in [-0.39, 0.29) is 5.56 Å². The van der Waals surface area contributed by atoms with Crippen LogP contribution in [0.3, 0.4) is 0 Å². The molecule has 0 spiro atoms. The van der Waals surface area contributed by atoms with Crippen LogP contribution >= 0.6 is 0 Å². The number of nitrogens with zero attached hydrogens (tertiary/aromatic N) is 2. The van der Waals surface area contributed by atoms with E-state index >= 15 is 0 Å². The SMILES string of the molecule is COc1ccc2c(c1)cc1c(=O)n(C)c3ccc(C(F)(F)F)cc3n12. The molecule has 0 fully saturated rings. The van der Waals surface area contributed by atoms with Crippen LogP contribution in [-0.2, 0) is 13.2 Å². The first-order chi connectivity index (χ1) is 11.8. The van der Waals surface area contributed by atoms with Gasteiger partial charge in [-0.3, -0.25) is 4.79 Å². The molecule has 0 amide bonds. The van der Waals surface area contributed by atoms with Gasteiger partial charge in [-0.05, 0) is 42.5 Å². The topological polar surface area (TPSA) is 35.6 Å².